The summed E-state index contributed by atoms with van der Waals surface area (Å²) < 4.78 is 18.2. The molecule has 0 atom stereocenters. The van der Waals surface area contributed by atoms with Crippen molar-refractivity contribution in [2.45, 2.75) is 0 Å². The van der Waals surface area contributed by atoms with Gasteiger partial charge in [-0.05, 0) is 9.05 Å². The van der Waals surface area contributed by atoms with Crippen molar-refractivity contribution in [2.75, 3.05) is 0 Å². The van der Waals surface area contributed by atoms with Gasteiger partial charge in [-0.1, -0.05) is 0 Å². The Balaban J connectivity index is 0. The third-order valence-corrected chi connectivity index (χ3v) is 0. The summed E-state index contributed by atoms with van der Waals surface area (Å²) in [6.07, 6.45) is 0. The molecular formula is EuF2O. The molecule has 0 N–H and O–H groups in total. The van der Waals surface area contributed by atoms with Crippen LogP contribution >= 0.6 is 0 Å². The van der Waals surface area contributed by atoms with Crippen molar-refractivity contribution in [1.82, 2.24) is 0 Å². The number of hydrogen-bond acceptors (Lipinski definition) is 1. The zero-order valence-corrected chi connectivity index (χ0v) is 3.97. The molecule has 0 aromatic heterocycles. The predicted molar refractivity (Wildman–Crippen MR) is 3.30 cm³/mol. The van der Waals surface area contributed by atoms with Crippen molar-refractivity contribution in [3.63, 3.8) is 0 Å². The molecule has 0 aliphatic rings. The van der Waals surface area contributed by atoms with Crippen LogP contribution in [0.2, 0.25) is 0 Å². The second-order valence-electron chi connectivity index (χ2n) is 0.0583. The van der Waals surface area contributed by atoms with Crippen LogP contribution in [0, 0.1) is 49.4 Å². The topological polar surface area (TPSA) is 9.23 Å². The van der Waals surface area contributed by atoms with Gasteiger partial charge in [-0.25, -0.2) is 0 Å². The minimum Gasteiger partial charge on any atom is -0.0104 e. The van der Waals surface area contributed by atoms with E-state index in [1.165, 1.54) is 5.15 Å². The fourth-order valence-electron chi connectivity index (χ4n) is 0. The molecule has 4 heteroatoms. The Hall–Kier alpha value is 1.40. The van der Waals surface area contributed by atoms with Crippen LogP contribution in [-0.4, -0.2) is 0 Å². The largest absolute Gasteiger partial charge is 0.0209 e. The molecule has 0 unspecified atom stereocenters. The standard InChI is InChI=1S/Eu.F2O/c;1-3-2. The first-order valence-electron chi connectivity index (χ1n) is 0.309. The van der Waals surface area contributed by atoms with Gasteiger partial charge in [0.25, 0.3) is 0 Å². The summed E-state index contributed by atoms with van der Waals surface area (Å²) in [6, 6.07) is 0. The van der Waals surface area contributed by atoms with Crippen molar-refractivity contribution in [1.29, 1.82) is 0 Å². The van der Waals surface area contributed by atoms with Crippen LogP contribution < -0.4 is 0 Å². The van der Waals surface area contributed by atoms with E-state index in [0.717, 1.165) is 0 Å². The molecule has 0 spiro atoms. The molecule has 0 saturated heterocycles. The number of rotatable bonds is 0. The van der Waals surface area contributed by atoms with Crippen LogP contribution in [0.3, 0.4) is 0 Å². The summed E-state index contributed by atoms with van der Waals surface area (Å²) in [5.41, 5.74) is 0. The van der Waals surface area contributed by atoms with Gasteiger partial charge in [0.1, 0.15) is 0 Å². The summed E-state index contributed by atoms with van der Waals surface area (Å²) in [5.74, 6) is 0. The van der Waals surface area contributed by atoms with E-state index in [1.54, 1.807) is 0 Å². The number of halogens is 2. The van der Waals surface area contributed by atoms with Gasteiger partial charge in [-0.2, -0.15) is 0 Å². The summed E-state index contributed by atoms with van der Waals surface area (Å²) >= 11 is 0. The molecule has 0 aliphatic heterocycles. The quantitative estimate of drug-likeness (QED) is 0.568. The Morgan fingerprint density at radius 3 is 1.25 bits per heavy atom. The first-order valence-corrected chi connectivity index (χ1v) is 0.309. The average molecular weight is 206 g/mol. The molecule has 27 valence electrons. The maximum absolute atomic E-state index is 9.12. The van der Waals surface area contributed by atoms with Gasteiger partial charge < -0.3 is 0 Å². The monoisotopic (exact) mass is 207 g/mol. The molecule has 0 aromatic rings. The molecule has 0 heterocycles. The predicted octanol–water partition coefficient (Wildman–Crippen LogP) is 0.772. The number of hydrogen-bond donors (Lipinski definition) is 0. The van der Waals surface area contributed by atoms with Crippen molar-refractivity contribution in [3.8, 4) is 0 Å². The van der Waals surface area contributed by atoms with Gasteiger partial charge in [0.15, 0.2) is 0 Å². The van der Waals surface area contributed by atoms with E-state index >= 15 is 0 Å². The zero-order valence-electron chi connectivity index (χ0n) is 1.54. The van der Waals surface area contributed by atoms with Crippen LogP contribution in [0.25, 0.3) is 0 Å². The molecule has 0 fully saturated rings. The van der Waals surface area contributed by atoms with Crippen LogP contribution in [-0.2, 0) is 5.15 Å². The second-order valence-corrected chi connectivity index (χ2v) is 0.0583. The Labute approximate surface area is 62.7 Å². The van der Waals surface area contributed by atoms with E-state index in [0.29, 0.717) is 0 Å². The maximum Gasteiger partial charge on any atom is 0.0209 e. The molecule has 0 aliphatic carbocycles. The summed E-state index contributed by atoms with van der Waals surface area (Å²) in [4.78, 5) is 0. The fraction of sp³-hybridized carbons (Fsp3) is 0. The Kier molecular flexibility index (Phi) is 20.0. The van der Waals surface area contributed by atoms with Crippen molar-refractivity contribution < 1.29 is 63.6 Å². The smallest absolute Gasteiger partial charge is 0.0104 e. The van der Waals surface area contributed by atoms with Gasteiger partial charge in [0.2, 0.25) is 0 Å². The normalized spacial score (nSPS) is 4.50. The molecule has 0 aromatic carbocycles. The minimum absolute atomic E-state index is 0. The van der Waals surface area contributed by atoms with Gasteiger partial charge in [0, 0.05) is 54.5 Å². The molecule has 1 radical (unpaired) electrons. The Bertz CT molecular complexity index is 6.00. The van der Waals surface area contributed by atoms with E-state index < -0.39 is 0 Å². The van der Waals surface area contributed by atoms with Gasteiger partial charge in [-0.3, -0.25) is 0 Å². The fourth-order valence-corrected chi connectivity index (χ4v) is 0. The van der Waals surface area contributed by atoms with Crippen molar-refractivity contribution in [3.05, 3.63) is 0 Å². The SMILES string of the molecule is FOF.[Eu]. The Morgan fingerprint density at radius 2 is 1.25 bits per heavy atom. The second kappa shape index (κ2) is 8.83. The minimum atomic E-state index is 0. The van der Waals surface area contributed by atoms with E-state index in [-0.39, 0.29) is 49.4 Å². The molecule has 0 rings (SSSR count). The molecule has 0 saturated carbocycles. The van der Waals surface area contributed by atoms with E-state index in [1.807, 2.05) is 0 Å². The zero-order chi connectivity index (χ0) is 2.71. The molecule has 1 nitrogen and oxygen atoms in total. The van der Waals surface area contributed by atoms with Crippen molar-refractivity contribution >= 4 is 0 Å². The van der Waals surface area contributed by atoms with E-state index in [9.17, 15) is 0 Å². The van der Waals surface area contributed by atoms with Crippen LogP contribution in [0.1, 0.15) is 0 Å². The Morgan fingerprint density at radius 1 is 1.25 bits per heavy atom. The van der Waals surface area contributed by atoms with Gasteiger partial charge in [-0.15, -0.1) is 0 Å². The van der Waals surface area contributed by atoms with Gasteiger partial charge >= 0.3 is 0 Å². The summed E-state index contributed by atoms with van der Waals surface area (Å²) in [6.45, 7) is 0. The molecule has 4 heavy (non-hydrogen) atoms. The van der Waals surface area contributed by atoms with Crippen LogP contribution in [0.15, 0.2) is 0 Å². The van der Waals surface area contributed by atoms with Crippen LogP contribution in [0.4, 0.5) is 9.05 Å². The van der Waals surface area contributed by atoms with Crippen LogP contribution in [0.5, 0.6) is 0 Å². The molecule has 0 bridgehead atoms. The van der Waals surface area contributed by atoms with Gasteiger partial charge in [0.05, 0.1) is 0 Å². The maximum atomic E-state index is 9.12. The first kappa shape index (κ1) is 9.05. The summed E-state index contributed by atoms with van der Waals surface area (Å²) in [5, 5.41) is 1.25. The average Bonchev–Trinajstić information content (AvgIpc) is 0.918. The first-order chi connectivity index (χ1) is 1.41. The van der Waals surface area contributed by atoms with Crippen molar-refractivity contribution in [2.24, 2.45) is 0 Å². The summed E-state index contributed by atoms with van der Waals surface area (Å²) in [7, 11) is 0. The van der Waals surface area contributed by atoms with E-state index in [4.69, 9.17) is 9.05 Å². The third-order valence-electron chi connectivity index (χ3n) is 0. The molecule has 0 amide bonds. The molecular weight excluding hydrogens is 206 g/mol. The van der Waals surface area contributed by atoms with E-state index in [2.05, 4.69) is 0 Å². The third kappa shape index (κ3) is 9.98.